The van der Waals surface area contributed by atoms with Crippen LogP contribution >= 0.6 is 22.9 Å². The number of halogens is 1. The molecule has 0 aliphatic heterocycles. The highest BCUT2D eigenvalue weighted by molar-refractivity contribution is 7.13. The third-order valence-electron chi connectivity index (χ3n) is 2.22. The van der Waals surface area contributed by atoms with Crippen LogP contribution in [0.15, 0.2) is 29.9 Å². The van der Waals surface area contributed by atoms with Crippen LogP contribution in [-0.4, -0.2) is 22.9 Å². The molecule has 0 unspecified atom stereocenters. The first-order valence-corrected chi connectivity index (χ1v) is 6.19. The van der Waals surface area contributed by atoms with Gasteiger partial charge in [0.25, 0.3) is 0 Å². The third kappa shape index (κ3) is 3.01. The number of carbonyl (C=O) groups is 1. The van der Waals surface area contributed by atoms with Crippen molar-refractivity contribution in [1.29, 1.82) is 0 Å². The summed E-state index contributed by atoms with van der Waals surface area (Å²) in [6.45, 7) is 0. The van der Waals surface area contributed by atoms with Crippen LogP contribution in [0.2, 0.25) is 5.15 Å². The highest BCUT2D eigenvalue weighted by Crippen LogP contribution is 2.16. The van der Waals surface area contributed by atoms with Crippen molar-refractivity contribution in [3.8, 4) is 0 Å². The maximum Gasteiger partial charge on any atom is 0.232 e. The van der Waals surface area contributed by atoms with Crippen molar-refractivity contribution >= 4 is 34.0 Å². The van der Waals surface area contributed by atoms with E-state index in [2.05, 4.69) is 9.97 Å². The van der Waals surface area contributed by atoms with Crippen LogP contribution in [0.25, 0.3) is 0 Å². The van der Waals surface area contributed by atoms with E-state index in [9.17, 15) is 4.79 Å². The molecule has 1 amide bonds. The fourth-order valence-electron chi connectivity index (χ4n) is 1.29. The van der Waals surface area contributed by atoms with Crippen LogP contribution in [0.3, 0.4) is 0 Å². The number of hydrogen-bond acceptors (Lipinski definition) is 4. The van der Waals surface area contributed by atoms with E-state index < -0.39 is 0 Å². The van der Waals surface area contributed by atoms with E-state index in [1.165, 1.54) is 11.3 Å². The van der Waals surface area contributed by atoms with Gasteiger partial charge < -0.3 is 0 Å². The van der Waals surface area contributed by atoms with Gasteiger partial charge in [0.1, 0.15) is 5.15 Å². The Labute approximate surface area is 108 Å². The van der Waals surface area contributed by atoms with E-state index >= 15 is 0 Å². The van der Waals surface area contributed by atoms with Crippen LogP contribution in [-0.2, 0) is 11.2 Å². The molecule has 0 fully saturated rings. The number of hydrogen-bond donors (Lipinski definition) is 0. The highest BCUT2D eigenvalue weighted by Gasteiger charge is 2.13. The van der Waals surface area contributed by atoms with E-state index in [0.717, 1.165) is 5.56 Å². The number of amides is 1. The van der Waals surface area contributed by atoms with Gasteiger partial charge in [-0.15, -0.1) is 11.3 Å². The van der Waals surface area contributed by atoms with Crippen LogP contribution in [0.5, 0.6) is 0 Å². The van der Waals surface area contributed by atoms with Gasteiger partial charge >= 0.3 is 0 Å². The second-order valence-corrected chi connectivity index (χ2v) is 4.69. The molecule has 2 aromatic rings. The Bertz CT molecular complexity index is 498. The summed E-state index contributed by atoms with van der Waals surface area (Å²) >= 11 is 7.11. The number of pyridine rings is 1. The first-order chi connectivity index (χ1) is 8.16. The van der Waals surface area contributed by atoms with Crippen molar-refractivity contribution in [2.24, 2.45) is 0 Å². The van der Waals surface area contributed by atoms with Crippen LogP contribution in [0, 0.1) is 0 Å². The van der Waals surface area contributed by atoms with Gasteiger partial charge in [-0.05, 0) is 11.6 Å². The molecule has 17 heavy (non-hydrogen) atoms. The number of rotatable bonds is 3. The van der Waals surface area contributed by atoms with Gasteiger partial charge in [0.05, 0.1) is 6.42 Å². The van der Waals surface area contributed by atoms with Crippen molar-refractivity contribution in [3.05, 3.63) is 40.6 Å². The zero-order chi connectivity index (χ0) is 12.3. The summed E-state index contributed by atoms with van der Waals surface area (Å²) in [5, 5.41) is 2.95. The number of likely N-dealkylation sites (N-methyl/N-ethyl adjacent to an activating group) is 1. The zero-order valence-electron chi connectivity index (χ0n) is 9.13. The topological polar surface area (TPSA) is 46.1 Å². The Morgan fingerprint density at radius 2 is 2.29 bits per heavy atom. The van der Waals surface area contributed by atoms with Gasteiger partial charge in [-0.2, -0.15) is 0 Å². The van der Waals surface area contributed by atoms with E-state index in [1.54, 1.807) is 36.5 Å². The van der Waals surface area contributed by atoms with Crippen molar-refractivity contribution in [2.75, 3.05) is 11.9 Å². The average Bonchev–Trinajstić information content (AvgIpc) is 2.84. The summed E-state index contributed by atoms with van der Waals surface area (Å²) in [6, 6.07) is 3.47. The Hall–Kier alpha value is -1.46. The van der Waals surface area contributed by atoms with Crippen molar-refractivity contribution in [2.45, 2.75) is 6.42 Å². The molecule has 0 saturated heterocycles. The molecule has 0 aliphatic carbocycles. The van der Waals surface area contributed by atoms with E-state index in [4.69, 9.17) is 11.6 Å². The minimum atomic E-state index is -0.0240. The van der Waals surface area contributed by atoms with Crippen LogP contribution in [0.4, 0.5) is 5.13 Å². The van der Waals surface area contributed by atoms with E-state index in [0.29, 0.717) is 16.7 Å². The summed E-state index contributed by atoms with van der Waals surface area (Å²) in [5.74, 6) is -0.0240. The molecule has 4 nitrogen and oxygen atoms in total. The van der Waals surface area contributed by atoms with Crippen molar-refractivity contribution < 1.29 is 4.79 Å². The minimum Gasteiger partial charge on any atom is -0.291 e. The summed E-state index contributed by atoms with van der Waals surface area (Å²) < 4.78 is 0. The molecule has 6 heteroatoms. The first-order valence-electron chi connectivity index (χ1n) is 4.93. The number of carbonyl (C=O) groups excluding carboxylic acids is 1. The maximum atomic E-state index is 11.9. The number of nitrogens with zero attached hydrogens (tertiary/aromatic N) is 3. The molecule has 0 spiro atoms. The summed E-state index contributed by atoms with van der Waals surface area (Å²) in [7, 11) is 1.71. The molecule has 2 rings (SSSR count). The molecule has 88 valence electrons. The third-order valence-corrected chi connectivity index (χ3v) is 3.30. The smallest absolute Gasteiger partial charge is 0.232 e. The summed E-state index contributed by atoms with van der Waals surface area (Å²) in [6.07, 6.45) is 3.57. The van der Waals surface area contributed by atoms with Gasteiger partial charge in [0.15, 0.2) is 5.13 Å². The maximum absolute atomic E-state index is 11.9. The molecule has 0 saturated carbocycles. The zero-order valence-corrected chi connectivity index (χ0v) is 10.7. The summed E-state index contributed by atoms with van der Waals surface area (Å²) in [5.41, 5.74) is 0.836. The molecule has 0 radical (unpaired) electrons. The second-order valence-electron chi connectivity index (χ2n) is 3.43. The molecule has 2 aromatic heterocycles. The van der Waals surface area contributed by atoms with Gasteiger partial charge in [-0.25, -0.2) is 9.97 Å². The Balaban J connectivity index is 2.04. The number of aromatic nitrogens is 2. The van der Waals surface area contributed by atoms with Crippen LogP contribution in [0.1, 0.15) is 5.56 Å². The van der Waals surface area contributed by atoms with Crippen LogP contribution < -0.4 is 4.90 Å². The summed E-state index contributed by atoms with van der Waals surface area (Å²) in [4.78, 5) is 21.5. The lowest BCUT2D eigenvalue weighted by Gasteiger charge is -2.13. The molecule has 0 aromatic carbocycles. The standard InChI is InChI=1S/C11H10ClN3OS/c1-15(11-13-4-5-17-11)10(16)6-8-2-3-9(12)14-7-8/h2-5,7H,6H2,1H3. The average molecular weight is 268 g/mol. The van der Waals surface area contributed by atoms with Crippen molar-refractivity contribution in [1.82, 2.24) is 9.97 Å². The predicted molar refractivity (Wildman–Crippen MR) is 68.5 cm³/mol. The Morgan fingerprint density at radius 3 is 2.88 bits per heavy atom. The first kappa shape index (κ1) is 12.0. The fourth-order valence-corrected chi connectivity index (χ4v) is 2.03. The molecular formula is C11H10ClN3OS. The monoisotopic (exact) mass is 267 g/mol. The minimum absolute atomic E-state index is 0.0240. The highest BCUT2D eigenvalue weighted by atomic mass is 35.5. The molecule has 0 atom stereocenters. The second kappa shape index (κ2) is 5.25. The van der Waals surface area contributed by atoms with Gasteiger partial charge in [0.2, 0.25) is 5.91 Å². The van der Waals surface area contributed by atoms with Gasteiger partial charge in [-0.3, -0.25) is 9.69 Å². The van der Waals surface area contributed by atoms with Gasteiger partial charge in [0, 0.05) is 24.8 Å². The quantitative estimate of drug-likeness (QED) is 0.803. The number of thiazole rings is 1. The SMILES string of the molecule is CN(C(=O)Cc1ccc(Cl)nc1)c1nccs1. The fraction of sp³-hybridized carbons (Fsp3) is 0.182. The van der Waals surface area contributed by atoms with E-state index in [-0.39, 0.29) is 5.91 Å². The largest absolute Gasteiger partial charge is 0.291 e. The molecule has 0 N–H and O–H groups in total. The van der Waals surface area contributed by atoms with E-state index in [1.807, 2.05) is 5.38 Å². The number of anilines is 1. The predicted octanol–water partition coefficient (Wildman–Crippen LogP) is 2.40. The van der Waals surface area contributed by atoms with Gasteiger partial charge in [-0.1, -0.05) is 17.7 Å². The lowest BCUT2D eigenvalue weighted by molar-refractivity contribution is -0.117. The lowest BCUT2D eigenvalue weighted by atomic mass is 10.2. The normalized spacial score (nSPS) is 10.2. The molecule has 2 heterocycles. The molecular weight excluding hydrogens is 258 g/mol. The molecule has 0 aliphatic rings. The Kier molecular flexibility index (Phi) is 3.71. The molecule has 0 bridgehead atoms. The lowest BCUT2D eigenvalue weighted by Crippen LogP contribution is -2.27. The van der Waals surface area contributed by atoms with Crippen molar-refractivity contribution in [3.63, 3.8) is 0 Å². The Morgan fingerprint density at radius 1 is 1.47 bits per heavy atom.